The van der Waals surface area contributed by atoms with E-state index in [2.05, 4.69) is 10.00 Å². The molecule has 100 valence electrons. The molecular formula is C13H22N4O. The average Bonchev–Trinajstić information content (AvgIpc) is 2.94. The first-order valence-electron chi connectivity index (χ1n) is 6.77. The molecule has 0 spiro atoms. The molecule has 0 bridgehead atoms. The average molecular weight is 250 g/mol. The molecule has 2 heterocycles. The standard InChI is InChI=1S/C13H22N4O/c1-8-10(5-14)13(16(2)15-8)17-6-9-3-4-12(18)11(9)7-17/h9,11-12,18H,3-7,14H2,1-2H3. The predicted molar refractivity (Wildman–Crippen MR) is 70.3 cm³/mol. The van der Waals surface area contributed by atoms with E-state index in [0.29, 0.717) is 18.4 Å². The van der Waals surface area contributed by atoms with Gasteiger partial charge in [0.05, 0.1) is 11.8 Å². The van der Waals surface area contributed by atoms with Crippen LogP contribution in [0.15, 0.2) is 0 Å². The summed E-state index contributed by atoms with van der Waals surface area (Å²) in [5, 5.41) is 14.5. The minimum Gasteiger partial charge on any atom is -0.393 e. The monoisotopic (exact) mass is 250 g/mol. The van der Waals surface area contributed by atoms with Gasteiger partial charge in [0.15, 0.2) is 0 Å². The van der Waals surface area contributed by atoms with Crippen molar-refractivity contribution in [1.82, 2.24) is 9.78 Å². The summed E-state index contributed by atoms with van der Waals surface area (Å²) in [5.74, 6) is 2.23. The highest BCUT2D eigenvalue weighted by Gasteiger charge is 2.43. The van der Waals surface area contributed by atoms with Crippen LogP contribution in [0.2, 0.25) is 0 Å². The first kappa shape index (κ1) is 12.0. The number of rotatable bonds is 2. The number of aryl methyl sites for hydroxylation is 2. The minimum atomic E-state index is -0.115. The number of fused-ring (bicyclic) bond motifs is 1. The maximum Gasteiger partial charge on any atom is 0.131 e. The van der Waals surface area contributed by atoms with E-state index in [4.69, 9.17) is 5.73 Å². The van der Waals surface area contributed by atoms with Crippen LogP contribution < -0.4 is 10.6 Å². The molecule has 5 heteroatoms. The summed E-state index contributed by atoms with van der Waals surface area (Å²) >= 11 is 0. The van der Waals surface area contributed by atoms with Crippen LogP contribution in [0.25, 0.3) is 0 Å². The van der Waals surface area contributed by atoms with E-state index in [9.17, 15) is 5.11 Å². The van der Waals surface area contributed by atoms with Crippen LogP contribution in [0.4, 0.5) is 5.82 Å². The van der Waals surface area contributed by atoms with Crippen molar-refractivity contribution < 1.29 is 5.11 Å². The topological polar surface area (TPSA) is 67.3 Å². The Hall–Kier alpha value is -1.07. The molecule has 1 aromatic heterocycles. The Balaban J connectivity index is 1.89. The van der Waals surface area contributed by atoms with Gasteiger partial charge >= 0.3 is 0 Å². The Kier molecular flexibility index (Phi) is 2.83. The Labute approximate surface area is 108 Å². The molecule has 0 amide bonds. The minimum absolute atomic E-state index is 0.115. The Morgan fingerprint density at radius 1 is 1.39 bits per heavy atom. The van der Waals surface area contributed by atoms with Crippen LogP contribution in [0.1, 0.15) is 24.1 Å². The number of aromatic nitrogens is 2. The van der Waals surface area contributed by atoms with Crippen LogP contribution in [0.3, 0.4) is 0 Å². The Morgan fingerprint density at radius 3 is 2.83 bits per heavy atom. The van der Waals surface area contributed by atoms with Crippen LogP contribution in [-0.2, 0) is 13.6 Å². The first-order valence-corrected chi connectivity index (χ1v) is 6.77. The summed E-state index contributed by atoms with van der Waals surface area (Å²) in [7, 11) is 1.98. The first-order chi connectivity index (χ1) is 8.61. The zero-order valence-corrected chi connectivity index (χ0v) is 11.1. The fraction of sp³-hybridized carbons (Fsp3) is 0.769. The normalized spacial score (nSPS) is 31.1. The van der Waals surface area contributed by atoms with Gasteiger partial charge in [0, 0.05) is 38.2 Å². The third kappa shape index (κ3) is 1.65. The Morgan fingerprint density at radius 2 is 2.17 bits per heavy atom. The van der Waals surface area contributed by atoms with E-state index in [0.717, 1.165) is 43.0 Å². The maximum absolute atomic E-state index is 9.99. The highest BCUT2D eigenvalue weighted by atomic mass is 16.3. The highest BCUT2D eigenvalue weighted by molar-refractivity contribution is 5.51. The van der Waals surface area contributed by atoms with Gasteiger partial charge in [-0.15, -0.1) is 0 Å². The lowest BCUT2D eigenvalue weighted by Crippen LogP contribution is -2.27. The molecule has 3 atom stereocenters. The molecule has 1 aliphatic carbocycles. The van der Waals surface area contributed by atoms with Gasteiger partial charge in [-0.25, -0.2) is 0 Å². The van der Waals surface area contributed by atoms with Crippen molar-refractivity contribution in [3.63, 3.8) is 0 Å². The van der Waals surface area contributed by atoms with Gasteiger partial charge < -0.3 is 15.7 Å². The van der Waals surface area contributed by atoms with Crippen LogP contribution in [0.5, 0.6) is 0 Å². The molecular weight excluding hydrogens is 228 g/mol. The van der Waals surface area contributed by atoms with Crippen molar-refractivity contribution in [2.24, 2.45) is 24.6 Å². The molecule has 0 radical (unpaired) electrons. The molecule has 1 aliphatic heterocycles. The smallest absolute Gasteiger partial charge is 0.131 e. The number of anilines is 1. The molecule has 0 aromatic carbocycles. The Bertz CT molecular complexity index is 456. The lowest BCUT2D eigenvalue weighted by Gasteiger charge is -2.22. The van der Waals surface area contributed by atoms with Crippen molar-refractivity contribution in [3.05, 3.63) is 11.3 Å². The molecule has 1 saturated carbocycles. The number of hydrogen-bond acceptors (Lipinski definition) is 4. The van der Waals surface area contributed by atoms with Crippen molar-refractivity contribution in [2.75, 3.05) is 18.0 Å². The molecule has 3 rings (SSSR count). The van der Waals surface area contributed by atoms with Gasteiger partial charge in [-0.05, 0) is 25.7 Å². The largest absolute Gasteiger partial charge is 0.393 e. The molecule has 3 N–H and O–H groups in total. The number of nitrogens with two attached hydrogens (primary N) is 1. The van der Waals surface area contributed by atoms with Crippen LogP contribution >= 0.6 is 0 Å². The number of aliphatic hydroxyl groups is 1. The van der Waals surface area contributed by atoms with E-state index in [1.165, 1.54) is 0 Å². The predicted octanol–water partition coefficient (Wildman–Crippen LogP) is 0.394. The lowest BCUT2D eigenvalue weighted by molar-refractivity contribution is 0.133. The highest BCUT2D eigenvalue weighted by Crippen LogP contribution is 2.40. The maximum atomic E-state index is 9.99. The van der Waals surface area contributed by atoms with E-state index in [-0.39, 0.29) is 6.10 Å². The second-order valence-corrected chi connectivity index (χ2v) is 5.69. The van der Waals surface area contributed by atoms with E-state index >= 15 is 0 Å². The van der Waals surface area contributed by atoms with Gasteiger partial charge in [0.25, 0.3) is 0 Å². The van der Waals surface area contributed by atoms with Gasteiger partial charge in [0.2, 0.25) is 0 Å². The van der Waals surface area contributed by atoms with Gasteiger partial charge in [-0.1, -0.05) is 0 Å². The molecule has 2 aliphatic rings. The molecule has 5 nitrogen and oxygen atoms in total. The molecule has 18 heavy (non-hydrogen) atoms. The molecule has 3 unspecified atom stereocenters. The number of hydrogen-bond donors (Lipinski definition) is 2. The summed E-state index contributed by atoms with van der Waals surface area (Å²) in [6.07, 6.45) is 2.00. The number of nitrogens with zero attached hydrogens (tertiary/aromatic N) is 3. The summed E-state index contributed by atoms with van der Waals surface area (Å²) in [4.78, 5) is 2.36. The second-order valence-electron chi connectivity index (χ2n) is 5.69. The van der Waals surface area contributed by atoms with Crippen molar-refractivity contribution >= 4 is 5.82 Å². The SMILES string of the molecule is Cc1nn(C)c(N2CC3CCC(O)C3C2)c1CN. The summed E-state index contributed by atoms with van der Waals surface area (Å²) in [6, 6.07) is 0. The van der Waals surface area contributed by atoms with Crippen LogP contribution in [-0.4, -0.2) is 34.1 Å². The fourth-order valence-electron chi connectivity index (χ4n) is 3.73. The third-order valence-electron chi connectivity index (χ3n) is 4.64. The quantitative estimate of drug-likeness (QED) is 0.797. The van der Waals surface area contributed by atoms with Crippen molar-refractivity contribution in [1.29, 1.82) is 0 Å². The van der Waals surface area contributed by atoms with E-state index < -0.39 is 0 Å². The van der Waals surface area contributed by atoms with E-state index in [1.54, 1.807) is 0 Å². The zero-order valence-electron chi connectivity index (χ0n) is 11.1. The van der Waals surface area contributed by atoms with Crippen molar-refractivity contribution in [3.8, 4) is 0 Å². The summed E-state index contributed by atoms with van der Waals surface area (Å²) in [5.41, 5.74) is 8.01. The fourth-order valence-corrected chi connectivity index (χ4v) is 3.73. The lowest BCUT2D eigenvalue weighted by atomic mass is 10.00. The molecule has 2 fully saturated rings. The molecule has 1 saturated heterocycles. The summed E-state index contributed by atoms with van der Waals surface area (Å²) in [6.45, 7) is 4.52. The number of aliphatic hydroxyl groups excluding tert-OH is 1. The van der Waals surface area contributed by atoms with Crippen molar-refractivity contribution in [2.45, 2.75) is 32.4 Å². The van der Waals surface area contributed by atoms with Gasteiger partial charge in [0.1, 0.15) is 5.82 Å². The molecule has 1 aromatic rings. The van der Waals surface area contributed by atoms with Gasteiger partial charge in [-0.3, -0.25) is 4.68 Å². The zero-order chi connectivity index (χ0) is 12.9. The van der Waals surface area contributed by atoms with Gasteiger partial charge in [-0.2, -0.15) is 5.10 Å². The third-order valence-corrected chi connectivity index (χ3v) is 4.64. The van der Waals surface area contributed by atoms with E-state index in [1.807, 2.05) is 18.7 Å². The second kappa shape index (κ2) is 4.24. The van der Waals surface area contributed by atoms with Crippen LogP contribution in [0, 0.1) is 18.8 Å². The summed E-state index contributed by atoms with van der Waals surface area (Å²) < 4.78 is 1.94.